The monoisotopic (exact) mass is 195 g/mol. The molecule has 0 amide bonds. The van der Waals surface area contributed by atoms with E-state index in [1.807, 2.05) is 24.3 Å². The Kier molecular flexibility index (Phi) is 2.28. The van der Waals surface area contributed by atoms with Gasteiger partial charge in [0.2, 0.25) is 12.0 Å². The number of aliphatic hydroxyl groups is 1. The smallest absolute Gasteiger partial charge is 0.239 e. The van der Waals surface area contributed by atoms with Crippen LogP contribution in [0.4, 0.5) is 0 Å². The number of aliphatic hydroxyl groups excluding tert-OH is 1. The Balaban J connectivity index is 2.32. The Morgan fingerprint density at radius 1 is 1.57 bits per heavy atom. The minimum atomic E-state index is -1.20. The molecule has 3 N–H and O–H groups in total. The van der Waals surface area contributed by atoms with E-state index in [0.717, 1.165) is 17.5 Å². The van der Waals surface area contributed by atoms with Gasteiger partial charge in [0.15, 0.2) is 0 Å². The summed E-state index contributed by atoms with van der Waals surface area (Å²) < 4.78 is 0. The summed E-state index contributed by atoms with van der Waals surface area (Å²) in [7, 11) is 0. The van der Waals surface area contributed by atoms with Gasteiger partial charge in [0.25, 0.3) is 0 Å². The number of nitrogens with two attached hydrogens (primary N) is 1. The van der Waals surface area contributed by atoms with Gasteiger partial charge in [-0.3, -0.25) is 5.73 Å². The van der Waals surface area contributed by atoms with E-state index in [1.165, 1.54) is 0 Å². The van der Waals surface area contributed by atoms with E-state index in [-0.39, 0.29) is 0 Å². The maximum Gasteiger partial charge on any atom is 0.239 e. The highest BCUT2D eigenvalue weighted by Crippen LogP contribution is 2.33. The number of hydrogen-bond acceptors (Lipinski definition) is 4. The van der Waals surface area contributed by atoms with E-state index in [4.69, 9.17) is 10.6 Å². The first kappa shape index (κ1) is 9.61. The largest absolute Gasteiger partial charge is 0.362 e. The van der Waals surface area contributed by atoms with Crippen molar-refractivity contribution in [2.75, 3.05) is 0 Å². The lowest BCUT2D eigenvalue weighted by atomic mass is 9.99. The van der Waals surface area contributed by atoms with Crippen LogP contribution in [-0.2, 0) is 21.9 Å². The van der Waals surface area contributed by atoms with Crippen molar-refractivity contribution >= 4 is 0 Å². The number of aryl methyl sites for hydroxylation is 1. The third-order valence-corrected chi connectivity index (χ3v) is 2.43. The first-order valence-corrected chi connectivity index (χ1v) is 4.57. The predicted molar refractivity (Wildman–Crippen MR) is 49.9 cm³/mol. The molecule has 1 saturated heterocycles. The van der Waals surface area contributed by atoms with E-state index >= 15 is 0 Å². The minimum absolute atomic E-state index is 0.732. The summed E-state index contributed by atoms with van der Waals surface area (Å²) >= 11 is 0. The molecule has 0 spiro atoms. The molecule has 0 radical (unpaired) electrons. The topological polar surface area (TPSA) is 64.7 Å². The summed E-state index contributed by atoms with van der Waals surface area (Å²) in [5.74, 6) is 0. The number of rotatable bonds is 2. The fourth-order valence-electron chi connectivity index (χ4n) is 1.42. The molecule has 1 aliphatic heterocycles. The Hall–Kier alpha value is -0.940. The van der Waals surface area contributed by atoms with Crippen LogP contribution in [-0.4, -0.2) is 11.4 Å². The van der Waals surface area contributed by atoms with Gasteiger partial charge in [-0.05, 0) is 12.0 Å². The van der Waals surface area contributed by atoms with Crippen LogP contribution < -0.4 is 5.73 Å². The molecule has 2 unspecified atom stereocenters. The van der Waals surface area contributed by atoms with Crippen LogP contribution >= 0.6 is 0 Å². The maximum atomic E-state index is 9.31. The lowest BCUT2D eigenvalue weighted by molar-refractivity contribution is -0.562. The van der Waals surface area contributed by atoms with Crippen LogP contribution in [0.5, 0.6) is 0 Å². The Morgan fingerprint density at radius 2 is 2.36 bits per heavy atom. The summed E-state index contributed by atoms with van der Waals surface area (Å²) in [6.45, 7) is 2.05. The maximum absolute atomic E-state index is 9.31. The van der Waals surface area contributed by atoms with Crippen molar-refractivity contribution in [2.45, 2.75) is 25.4 Å². The molecule has 0 aromatic heterocycles. The molecule has 0 saturated carbocycles. The van der Waals surface area contributed by atoms with E-state index < -0.39 is 12.0 Å². The SMILES string of the molecule is CCc1cccc(C2(N)OOC2O)c1. The van der Waals surface area contributed by atoms with Gasteiger partial charge in [-0.1, -0.05) is 31.2 Å². The van der Waals surface area contributed by atoms with Gasteiger partial charge in [0.05, 0.1) is 0 Å². The molecule has 1 aliphatic rings. The lowest BCUT2D eigenvalue weighted by Gasteiger charge is -2.40. The van der Waals surface area contributed by atoms with Crippen LogP contribution in [0.25, 0.3) is 0 Å². The standard InChI is InChI=1S/C10H13NO3/c1-2-7-4-3-5-8(6-7)10(11)9(12)13-14-10/h3-6,9,12H,2,11H2,1H3. The van der Waals surface area contributed by atoms with Gasteiger partial charge in [0.1, 0.15) is 0 Å². The van der Waals surface area contributed by atoms with Crippen molar-refractivity contribution in [1.82, 2.24) is 0 Å². The van der Waals surface area contributed by atoms with Gasteiger partial charge in [-0.15, -0.1) is 0 Å². The van der Waals surface area contributed by atoms with Crippen LogP contribution in [0, 0.1) is 0 Å². The van der Waals surface area contributed by atoms with Crippen LogP contribution in [0.2, 0.25) is 0 Å². The van der Waals surface area contributed by atoms with Crippen molar-refractivity contribution in [3.63, 3.8) is 0 Å². The molecule has 0 bridgehead atoms. The molecule has 76 valence electrons. The summed E-state index contributed by atoms with van der Waals surface area (Å²) in [6, 6.07) is 7.60. The molecule has 1 aromatic carbocycles. The lowest BCUT2D eigenvalue weighted by Crippen LogP contribution is -2.60. The summed E-state index contributed by atoms with van der Waals surface area (Å²) in [5, 5.41) is 9.31. The third-order valence-electron chi connectivity index (χ3n) is 2.43. The normalized spacial score (nSPS) is 31.2. The highest BCUT2D eigenvalue weighted by Gasteiger charge is 2.49. The molecule has 2 atom stereocenters. The van der Waals surface area contributed by atoms with Gasteiger partial charge < -0.3 is 5.11 Å². The minimum Gasteiger partial charge on any atom is -0.362 e. The van der Waals surface area contributed by atoms with E-state index in [9.17, 15) is 5.11 Å². The van der Waals surface area contributed by atoms with Crippen molar-refractivity contribution in [3.8, 4) is 0 Å². The summed E-state index contributed by atoms with van der Waals surface area (Å²) in [5.41, 5.74) is 6.47. The highest BCUT2D eigenvalue weighted by molar-refractivity contribution is 5.28. The Labute approximate surface area is 82.2 Å². The molecule has 2 rings (SSSR count). The highest BCUT2D eigenvalue weighted by atomic mass is 17.3. The quantitative estimate of drug-likeness (QED) is 0.680. The molecule has 0 aliphatic carbocycles. The molecule has 4 heteroatoms. The van der Waals surface area contributed by atoms with E-state index in [2.05, 4.69) is 11.8 Å². The average molecular weight is 195 g/mol. The molecule has 4 nitrogen and oxygen atoms in total. The molecule has 1 aromatic rings. The Morgan fingerprint density at radius 3 is 2.86 bits per heavy atom. The number of hydrogen-bond donors (Lipinski definition) is 2. The van der Waals surface area contributed by atoms with Gasteiger partial charge in [0, 0.05) is 5.56 Å². The van der Waals surface area contributed by atoms with Crippen LogP contribution in [0.15, 0.2) is 24.3 Å². The Bertz CT molecular complexity index is 342. The van der Waals surface area contributed by atoms with E-state index in [1.54, 1.807) is 0 Å². The first-order chi connectivity index (χ1) is 6.66. The van der Waals surface area contributed by atoms with Crippen molar-refractivity contribution in [1.29, 1.82) is 0 Å². The van der Waals surface area contributed by atoms with Crippen molar-refractivity contribution in [2.24, 2.45) is 5.73 Å². The third kappa shape index (κ3) is 1.33. The second-order valence-electron chi connectivity index (χ2n) is 3.38. The van der Waals surface area contributed by atoms with Gasteiger partial charge in [-0.2, -0.15) is 4.89 Å². The number of benzene rings is 1. The second-order valence-corrected chi connectivity index (χ2v) is 3.38. The van der Waals surface area contributed by atoms with Gasteiger partial charge >= 0.3 is 0 Å². The second kappa shape index (κ2) is 3.33. The zero-order valence-electron chi connectivity index (χ0n) is 7.93. The predicted octanol–water partition coefficient (Wildman–Crippen LogP) is 0.641. The van der Waals surface area contributed by atoms with Crippen LogP contribution in [0.1, 0.15) is 18.1 Å². The zero-order valence-corrected chi connectivity index (χ0v) is 7.93. The zero-order chi connectivity index (χ0) is 10.2. The fraction of sp³-hybridized carbons (Fsp3) is 0.400. The molecule has 1 fully saturated rings. The van der Waals surface area contributed by atoms with Crippen molar-refractivity contribution in [3.05, 3.63) is 35.4 Å². The first-order valence-electron chi connectivity index (χ1n) is 4.57. The van der Waals surface area contributed by atoms with Gasteiger partial charge in [-0.25, -0.2) is 4.89 Å². The van der Waals surface area contributed by atoms with Crippen molar-refractivity contribution < 1.29 is 14.9 Å². The molecular formula is C10H13NO3. The molecule has 1 heterocycles. The molecular weight excluding hydrogens is 182 g/mol. The molecule has 14 heavy (non-hydrogen) atoms. The average Bonchev–Trinajstić information content (AvgIpc) is 2.26. The summed E-state index contributed by atoms with van der Waals surface area (Å²) in [4.78, 5) is 9.15. The van der Waals surface area contributed by atoms with Crippen LogP contribution in [0.3, 0.4) is 0 Å². The summed E-state index contributed by atoms with van der Waals surface area (Å²) in [6.07, 6.45) is -0.171. The van der Waals surface area contributed by atoms with E-state index in [0.29, 0.717) is 0 Å². The fourth-order valence-corrected chi connectivity index (χ4v) is 1.42.